The lowest BCUT2D eigenvalue weighted by molar-refractivity contribution is 0.399. The predicted octanol–water partition coefficient (Wildman–Crippen LogP) is 2.27. The molecule has 0 aliphatic rings. The quantitative estimate of drug-likeness (QED) is 0.689. The van der Waals surface area contributed by atoms with Gasteiger partial charge in [-0.05, 0) is 32.4 Å². The Kier molecular flexibility index (Phi) is 1.95. The summed E-state index contributed by atoms with van der Waals surface area (Å²) >= 11 is 0. The number of nitrogens with zero attached hydrogens (tertiary/aromatic N) is 2. The van der Waals surface area contributed by atoms with Crippen molar-refractivity contribution >= 4 is 5.52 Å². The van der Waals surface area contributed by atoms with Gasteiger partial charge in [0.1, 0.15) is 5.52 Å². The monoisotopic (exact) mass is 190 g/mol. The molecule has 0 amide bonds. The first kappa shape index (κ1) is 9.06. The van der Waals surface area contributed by atoms with Gasteiger partial charge in [-0.1, -0.05) is 0 Å². The van der Waals surface area contributed by atoms with Gasteiger partial charge < -0.3 is 9.14 Å². The molecule has 3 nitrogen and oxygen atoms in total. The highest BCUT2D eigenvalue weighted by Crippen LogP contribution is 2.22. The molecule has 0 saturated carbocycles. The lowest BCUT2D eigenvalue weighted by atomic mass is 10.3. The Labute approximate surface area is 83.3 Å². The SMILES string of the molecule is COc1nc(C)c(C)n2cc(C)cc12. The van der Waals surface area contributed by atoms with E-state index in [1.165, 1.54) is 5.56 Å². The van der Waals surface area contributed by atoms with Gasteiger partial charge in [0.15, 0.2) is 0 Å². The van der Waals surface area contributed by atoms with Gasteiger partial charge in [-0.25, -0.2) is 4.98 Å². The highest BCUT2D eigenvalue weighted by Gasteiger charge is 2.08. The van der Waals surface area contributed by atoms with E-state index < -0.39 is 0 Å². The van der Waals surface area contributed by atoms with Gasteiger partial charge in [0.25, 0.3) is 0 Å². The molecule has 74 valence electrons. The summed E-state index contributed by atoms with van der Waals surface area (Å²) in [4.78, 5) is 4.39. The summed E-state index contributed by atoms with van der Waals surface area (Å²) in [6.07, 6.45) is 2.10. The van der Waals surface area contributed by atoms with Crippen molar-refractivity contribution in [3.8, 4) is 5.88 Å². The first-order chi connectivity index (χ1) is 6.63. The van der Waals surface area contributed by atoms with Gasteiger partial charge in [0, 0.05) is 11.9 Å². The van der Waals surface area contributed by atoms with Crippen LogP contribution in [0.4, 0.5) is 0 Å². The van der Waals surface area contributed by atoms with Crippen LogP contribution >= 0.6 is 0 Å². The minimum atomic E-state index is 0.696. The maximum atomic E-state index is 5.24. The Hall–Kier alpha value is -1.51. The van der Waals surface area contributed by atoms with Crippen molar-refractivity contribution in [2.45, 2.75) is 20.8 Å². The van der Waals surface area contributed by atoms with Crippen molar-refractivity contribution in [3.05, 3.63) is 29.2 Å². The first-order valence-electron chi connectivity index (χ1n) is 4.63. The van der Waals surface area contributed by atoms with Crippen molar-refractivity contribution in [2.75, 3.05) is 7.11 Å². The number of rotatable bonds is 1. The molecule has 3 heteroatoms. The van der Waals surface area contributed by atoms with Gasteiger partial charge in [0.2, 0.25) is 5.88 Å². The van der Waals surface area contributed by atoms with Crippen LogP contribution < -0.4 is 4.74 Å². The van der Waals surface area contributed by atoms with Gasteiger partial charge in [-0.2, -0.15) is 0 Å². The normalized spacial score (nSPS) is 10.9. The lowest BCUT2D eigenvalue weighted by Gasteiger charge is -2.07. The van der Waals surface area contributed by atoms with Crippen LogP contribution in [-0.2, 0) is 0 Å². The minimum Gasteiger partial charge on any atom is -0.479 e. The molecule has 0 aliphatic heterocycles. The standard InChI is InChI=1S/C11H14N2O/c1-7-5-10-11(14-4)12-8(2)9(3)13(10)6-7/h5-6H,1-4H3. The number of hydrogen-bond donors (Lipinski definition) is 0. The second-order valence-electron chi connectivity index (χ2n) is 3.56. The van der Waals surface area contributed by atoms with Crippen molar-refractivity contribution in [3.63, 3.8) is 0 Å². The highest BCUT2D eigenvalue weighted by molar-refractivity contribution is 5.60. The molecule has 0 saturated heterocycles. The molecule has 0 aliphatic carbocycles. The van der Waals surface area contributed by atoms with Gasteiger partial charge in [-0.15, -0.1) is 0 Å². The van der Waals surface area contributed by atoms with E-state index in [1.807, 2.05) is 6.92 Å². The summed E-state index contributed by atoms with van der Waals surface area (Å²) in [5.74, 6) is 0.696. The molecule has 2 aromatic heterocycles. The summed E-state index contributed by atoms with van der Waals surface area (Å²) in [5.41, 5.74) is 4.42. The van der Waals surface area contributed by atoms with Crippen LogP contribution in [0.3, 0.4) is 0 Å². The molecular formula is C11H14N2O. The van der Waals surface area contributed by atoms with E-state index in [4.69, 9.17) is 4.74 Å². The maximum Gasteiger partial charge on any atom is 0.238 e. The molecule has 0 spiro atoms. The van der Waals surface area contributed by atoms with E-state index in [9.17, 15) is 0 Å². The van der Waals surface area contributed by atoms with Crippen molar-refractivity contribution in [1.29, 1.82) is 0 Å². The van der Waals surface area contributed by atoms with E-state index in [1.54, 1.807) is 7.11 Å². The highest BCUT2D eigenvalue weighted by atomic mass is 16.5. The average Bonchev–Trinajstić information content (AvgIpc) is 2.54. The molecule has 0 atom stereocenters. The van der Waals surface area contributed by atoms with E-state index >= 15 is 0 Å². The van der Waals surface area contributed by atoms with E-state index in [0.29, 0.717) is 5.88 Å². The van der Waals surface area contributed by atoms with Crippen molar-refractivity contribution in [1.82, 2.24) is 9.38 Å². The van der Waals surface area contributed by atoms with E-state index in [2.05, 4.69) is 35.5 Å². The van der Waals surface area contributed by atoms with Crippen LogP contribution in [0.5, 0.6) is 5.88 Å². The van der Waals surface area contributed by atoms with E-state index in [0.717, 1.165) is 16.9 Å². The number of aryl methyl sites for hydroxylation is 3. The maximum absolute atomic E-state index is 5.24. The second kappa shape index (κ2) is 3.01. The zero-order valence-electron chi connectivity index (χ0n) is 8.96. The third-order valence-corrected chi connectivity index (χ3v) is 2.52. The predicted molar refractivity (Wildman–Crippen MR) is 56.0 cm³/mol. The molecular weight excluding hydrogens is 176 g/mol. The van der Waals surface area contributed by atoms with Crippen LogP contribution in [0.15, 0.2) is 12.3 Å². The van der Waals surface area contributed by atoms with Gasteiger partial charge in [-0.3, -0.25) is 0 Å². The smallest absolute Gasteiger partial charge is 0.238 e. The van der Waals surface area contributed by atoms with Crippen LogP contribution in [-0.4, -0.2) is 16.5 Å². The summed E-state index contributed by atoms with van der Waals surface area (Å²) in [6, 6.07) is 2.08. The third kappa shape index (κ3) is 1.16. The Bertz CT molecular complexity index is 485. The summed E-state index contributed by atoms with van der Waals surface area (Å²) < 4.78 is 7.37. The van der Waals surface area contributed by atoms with Crippen LogP contribution in [0.2, 0.25) is 0 Å². The average molecular weight is 190 g/mol. The number of fused-ring (bicyclic) bond motifs is 1. The lowest BCUT2D eigenvalue weighted by Crippen LogP contribution is -2.00. The molecule has 0 unspecified atom stereocenters. The first-order valence-corrected chi connectivity index (χ1v) is 4.63. The van der Waals surface area contributed by atoms with Gasteiger partial charge in [0.05, 0.1) is 12.8 Å². The largest absolute Gasteiger partial charge is 0.479 e. The zero-order valence-corrected chi connectivity index (χ0v) is 8.96. The topological polar surface area (TPSA) is 26.5 Å². The number of aromatic nitrogens is 2. The van der Waals surface area contributed by atoms with Crippen molar-refractivity contribution < 1.29 is 4.74 Å². The Morgan fingerprint density at radius 1 is 1.29 bits per heavy atom. The van der Waals surface area contributed by atoms with E-state index in [-0.39, 0.29) is 0 Å². The van der Waals surface area contributed by atoms with Crippen LogP contribution in [0.1, 0.15) is 17.0 Å². The molecule has 2 aromatic rings. The third-order valence-electron chi connectivity index (χ3n) is 2.52. The summed E-state index contributed by atoms with van der Waals surface area (Å²) in [5, 5.41) is 0. The van der Waals surface area contributed by atoms with Crippen molar-refractivity contribution in [2.24, 2.45) is 0 Å². The minimum absolute atomic E-state index is 0.696. The number of ether oxygens (including phenoxy) is 1. The molecule has 14 heavy (non-hydrogen) atoms. The molecule has 0 bridgehead atoms. The number of methoxy groups -OCH3 is 1. The number of hydrogen-bond acceptors (Lipinski definition) is 2. The fourth-order valence-electron chi connectivity index (χ4n) is 1.65. The molecule has 2 rings (SSSR count). The van der Waals surface area contributed by atoms with Crippen LogP contribution in [0.25, 0.3) is 5.52 Å². The molecule has 0 fully saturated rings. The summed E-state index contributed by atoms with van der Waals surface area (Å²) in [7, 11) is 1.65. The fourth-order valence-corrected chi connectivity index (χ4v) is 1.65. The molecule has 0 aromatic carbocycles. The Morgan fingerprint density at radius 2 is 2.00 bits per heavy atom. The molecule has 0 radical (unpaired) electrons. The van der Waals surface area contributed by atoms with Gasteiger partial charge >= 0.3 is 0 Å². The Morgan fingerprint density at radius 3 is 2.64 bits per heavy atom. The Balaban J connectivity index is 2.88. The summed E-state index contributed by atoms with van der Waals surface area (Å²) in [6.45, 7) is 6.13. The van der Waals surface area contributed by atoms with Crippen LogP contribution in [0, 0.1) is 20.8 Å². The molecule has 2 heterocycles. The zero-order chi connectivity index (χ0) is 10.3. The second-order valence-corrected chi connectivity index (χ2v) is 3.56. The fraction of sp³-hybridized carbons (Fsp3) is 0.364. The molecule has 0 N–H and O–H groups in total.